The minimum absolute atomic E-state index is 0.160. The van der Waals surface area contributed by atoms with Crippen LogP contribution < -0.4 is 22.2 Å². The lowest BCUT2D eigenvalue weighted by Crippen LogP contribution is -2.27. The smallest absolute Gasteiger partial charge is 0.257 e. The van der Waals surface area contributed by atoms with Crippen LogP contribution in [0.15, 0.2) is 58.9 Å². The maximum atomic E-state index is 12.7. The summed E-state index contributed by atoms with van der Waals surface area (Å²) < 4.78 is 0. The number of benzene rings is 2. The lowest BCUT2D eigenvalue weighted by molar-refractivity contribution is 0.0950. The van der Waals surface area contributed by atoms with Crippen molar-refractivity contribution in [3.8, 4) is 0 Å². The third-order valence-electron chi connectivity index (χ3n) is 5.14. The molecule has 9 nitrogen and oxygen atoms in total. The van der Waals surface area contributed by atoms with Crippen molar-refractivity contribution in [2.75, 3.05) is 5.32 Å². The topological polar surface area (TPSA) is 148 Å². The Bertz CT molecular complexity index is 1160. The zero-order chi connectivity index (χ0) is 22.5. The number of nitrogens with two attached hydrogens (primary N) is 2. The average molecular weight is 450 g/mol. The number of hydrogen-bond acceptors (Lipinski definition) is 7. The second kappa shape index (κ2) is 9.67. The number of hydrogen-bond donors (Lipinski definition) is 4. The van der Waals surface area contributed by atoms with Crippen LogP contribution in [0.1, 0.15) is 43.3 Å². The molecule has 0 spiro atoms. The van der Waals surface area contributed by atoms with Gasteiger partial charge in [-0.15, -0.1) is 16.5 Å². The van der Waals surface area contributed by atoms with Gasteiger partial charge in [-0.1, -0.05) is 17.4 Å². The number of nitrogens with zero attached hydrogens (tertiary/aromatic N) is 3. The van der Waals surface area contributed by atoms with Gasteiger partial charge in [0.1, 0.15) is 0 Å². The molecule has 0 saturated heterocycles. The molecule has 32 heavy (non-hydrogen) atoms. The molecule has 0 saturated carbocycles. The largest absolute Gasteiger partial charge is 0.348 e. The van der Waals surface area contributed by atoms with Crippen molar-refractivity contribution in [3.63, 3.8) is 0 Å². The maximum Gasteiger partial charge on any atom is 0.257 e. The summed E-state index contributed by atoms with van der Waals surface area (Å²) in [5.41, 5.74) is 9.41. The van der Waals surface area contributed by atoms with E-state index in [4.69, 9.17) is 11.6 Å². The molecule has 1 aliphatic carbocycles. The molecule has 2 aromatic carbocycles. The fourth-order valence-electron chi connectivity index (χ4n) is 3.48. The van der Waals surface area contributed by atoms with Crippen LogP contribution in [-0.4, -0.2) is 22.8 Å². The van der Waals surface area contributed by atoms with Crippen molar-refractivity contribution in [2.24, 2.45) is 21.9 Å². The quantitative estimate of drug-likeness (QED) is 0.259. The Balaban J connectivity index is 1.36. The Kier molecular flexibility index (Phi) is 6.52. The fraction of sp³-hybridized carbons (Fsp3) is 0.227. The molecule has 1 aromatic heterocycles. The summed E-state index contributed by atoms with van der Waals surface area (Å²) in [7, 11) is 0. The van der Waals surface area contributed by atoms with Crippen LogP contribution in [0.3, 0.4) is 0 Å². The van der Waals surface area contributed by atoms with E-state index in [1.54, 1.807) is 42.5 Å². The van der Waals surface area contributed by atoms with Crippen molar-refractivity contribution in [3.05, 3.63) is 75.8 Å². The van der Waals surface area contributed by atoms with E-state index in [9.17, 15) is 9.59 Å². The molecular formula is C22H23N7O2S. The lowest BCUT2D eigenvalue weighted by atomic mass is 9.99. The van der Waals surface area contributed by atoms with Gasteiger partial charge in [-0.3, -0.25) is 14.9 Å². The van der Waals surface area contributed by atoms with E-state index in [0.29, 0.717) is 21.9 Å². The first-order valence-electron chi connectivity index (χ1n) is 10.2. The molecule has 0 radical (unpaired) electrons. The zero-order valence-corrected chi connectivity index (χ0v) is 18.1. The highest BCUT2D eigenvalue weighted by molar-refractivity contribution is 7.15. The Labute approximate surface area is 188 Å². The number of nitrogens with one attached hydrogen (secondary N) is 2. The molecule has 2 amide bonds. The molecule has 4 rings (SSSR count). The van der Waals surface area contributed by atoms with Crippen molar-refractivity contribution in [1.82, 2.24) is 10.3 Å². The molecular weight excluding hydrogens is 426 g/mol. The second-order valence-corrected chi connectivity index (χ2v) is 8.57. The number of aromatic nitrogens is 1. The van der Waals surface area contributed by atoms with Gasteiger partial charge in [0, 0.05) is 28.6 Å². The number of rotatable bonds is 6. The van der Waals surface area contributed by atoms with E-state index in [1.807, 2.05) is 6.07 Å². The van der Waals surface area contributed by atoms with Crippen molar-refractivity contribution >= 4 is 34.0 Å². The first kappa shape index (κ1) is 21.6. The van der Waals surface area contributed by atoms with Gasteiger partial charge in [0.2, 0.25) is 0 Å². The number of amides is 2. The fourth-order valence-corrected chi connectivity index (χ4v) is 4.57. The molecule has 0 aliphatic heterocycles. The number of thiazole rings is 1. The highest BCUT2D eigenvalue weighted by Crippen LogP contribution is 2.29. The summed E-state index contributed by atoms with van der Waals surface area (Å²) in [6, 6.07) is 13.9. The summed E-state index contributed by atoms with van der Waals surface area (Å²) in [5, 5.41) is 13.2. The standard InChI is InChI=1S/C22H23N7O2S/c23-16-6-9-18-19(11-16)32-22(26-18)27-21(31)15-3-1-2-13(10-15)12-25-20(30)14-4-7-17(8-5-14)28-29-24/h1-5,7-8,10,16H,6,9,11-12,23H2,(H2,24,28)(H,25,30)(H,26,27,31). The van der Waals surface area contributed by atoms with Gasteiger partial charge in [-0.2, -0.15) is 0 Å². The van der Waals surface area contributed by atoms with E-state index in [0.717, 1.165) is 35.4 Å². The van der Waals surface area contributed by atoms with Gasteiger partial charge in [0.15, 0.2) is 5.13 Å². The molecule has 10 heteroatoms. The van der Waals surface area contributed by atoms with Gasteiger partial charge in [0.25, 0.3) is 11.8 Å². The SMILES string of the molecule is NN=Nc1ccc(C(=O)NCc2cccc(C(=O)Nc3nc4c(s3)CC(N)CC4)c2)cc1. The molecule has 1 unspecified atom stereocenters. The summed E-state index contributed by atoms with van der Waals surface area (Å²) in [6.45, 7) is 0.285. The summed E-state index contributed by atoms with van der Waals surface area (Å²) in [5.74, 6) is 4.55. The maximum absolute atomic E-state index is 12.7. The van der Waals surface area contributed by atoms with E-state index < -0.39 is 0 Å². The first-order chi connectivity index (χ1) is 15.5. The van der Waals surface area contributed by atoms with Gasteiger partial charge < -0.3 is 16.9 Å². The molecule has 1 aliphatic rings. The van der Waals surface area contributed by atoms with Crippen LogP contribution in [0.4, 0.5) is 10.8 Å². The molecule has 3 aromatic rings. The molecule has 0 fully saturated rings. The Morgan fingerprint density at radius 3 is 2.72 bits per heavy atom. The van der Waals surface area contributed by atoms with Crippen molar-refractivity contribution < 1.29 is 9.59 Å². The van der Waals surface area contributed by atoms with Gasteiger partial charge in [0.05, 0.1) is 11.4 Å². The van der Waals surface area contributed by atoms with Crippen LogP contribution in [0.5, 0.6) is 0 Å². The molecule has 1 heterocycles. The minimum atomic E-state index is -0.238. The predicted octanol–water partition coefficient (Wildman–Crippen LogP) is 3.10. The Morgan fingerprint density at radius 2 is 1.94 bits per heavy atom. The van der Waals surface area contributed by atoms with Crippen LogP contribution >= 0.6 is 11.3 Å². The van der Waals surface area contributed by atoms with Crippen LogP contribution in [0.25, 0.3) is 0 Å². The van der Waals surface area contributed by atoms with Gasteiger partial charge >= 0.3 is 0 Å². The average Bonchev–Trinajstić information content (AvgIpc) is 3.19. The summed E-state index contributed by atoms with van der Waals surface area (Å²) in [4.78, 5) is 30.8. The molecule has 0 bridgehead atoms. The highest BCUT2D eigenvalue weighted by Gasteiger charge is 2.21. The van der Waals surface area contributed by atoms with Crippen molar-refractivity contribution in [1.29, 1.82) is 0 Å². The predicted molar refractivity (Wildman–Crippen MR) is 123 cm³/mol. The van der Waals surface area contributed by atoms with Crippen LogP contribution in [0, 0.1) is 0 Å². The number of carbonyl (C=O) groups excluding carboxylic acids is 2. The third kappa shape index (κ3) is 5.16. The van der Waals surface area contributed by atoms with Crippen molar-refractivity contribution in [2.45, 2.75) is 31.8 Å². The van der Waals surface area contributed by atoms with E-state index in [-0.39, 0.29) is 24.4 Å². The minimum Gasteiger partial charge on any atom is -0.348 e. The molecule has 6 N–H and O–H groups in total. The van der Waals surface area contributed by atoms with Gasteiger partial charge in [-0.25, -0.2) is 4.98 Å². The molecule has 1 atom stereocenters. The number of aryl methyl sites for hydroxylation is 1. The third-order valence-corrected chi connectivity index (χ3v) is 6.18. The van der Waals surface area contributed by atoms with Crippen LogP contribution in [0.2, 0.25) is 0 Å². The van der Waals surface area contributed by atoms with Gasteiger partial charge in [-0.05, 0) is 61.2 Å². The first-order valence-corrected chi connectivity index (χ1v) is 11.0. The zero-order valence-electron chi connectivity index (χ0n) is 17.2. The lowest BCUT2D eigenvalue weighted by Gasteiger charge is -2.15. The summed E-state index contributed by atoms with van der Waals surface area (Å²) >= 11 is 1.48. The second-order valence-electron chi connectivity index (χ2n) is 7.49. The number of fused-ring (bicyclic) bond motifs is 1. The van der Waals surface area contributed by atoms with Crippen LogP contribution in [-0.2, 0) is 19.4 Å². The summed E-state index contributed by atoms with van der Waals surface area (Å²) in [6.07, 6.45) is 2.57. The monoisotopic (exact) mass is 449 g/mol. The highest BCUT2D eigenvalue weighted by atomic mass is 32.1. The van der Waals surface area contributed by atoms with E-state index in [1.165, 1.54) is 11.3 Å². The van der Waals surface area contributed by atoms with E-state index in [2.05, 4.69) is 26.0 Å². The Hall–Kier alpha value is -3.63. The Morgan fingerprint density at radius 1 is 1.12 bits per heavy atom. The number of anilines is 1. The normalized spacial score (nSPS) is 15.3. The van der Waals surface area contributed by atoms with E-state index >= 15 is 0 Å². The number of carbonyl (C=O) groups is 2. The molecule has 164 valence electrons.